The Morgan fingerprint density at radius 1 is 1.03 bits per heavy atom. The molecule has 0 N–H and O–H groups in total. The average Bonchev–Trinajstić information content (AvgIpc) is 3.14. The molecule has 186 valence electrons. The quantitative estimate of drug-likeness (QED) is 0.241. The zero-order valence-corrected chi connectivity index (χ0v) is 18.9. The van der Waals surface area contributed by atoms with E-state index in [4.69, 9.17) is 0 Å². The molecular weight excluding hydrogens is 492 g/mol. The minimum absolute atomic E-state index is 0.0219. The van der Waals surface area contributed by atoms with Gasteiger partial charge in [0.25, 0.3) is 5.91 Å². The third-order valence-corrected chi connectivity index (χ3v) is 5.79. The number of nitrogens with zero attached hydrogens (tertiary/aromatic N) is 6. The largest absolute Gasteiger partial charge is 0.433 e. The van der Waals surface area contributed by atoms with Gasteiger partial charge in [0, 0.05) is 25.5 Å². The van der Waals surface area contributed by atoms with Crippen molar-refractivity contribution in [2.24, 2.45) is 0 Å². The van der Waals surface area contributed by atoms with E-state index < -0.39 is 35.3 Å². The van der Waals surface area contributed by atoms with Crippen molar-refractivity contribution < 1.29 is 22.4 Å². The van der Waals surface area contributed by atoms with E-state index in [0.29, 0.717) is 16.8 Å². The summed E-state index contributed by atoms with van der Waals surface area (Å²) in [5, 5.41) is 0. The SMILES string of the molecule is C=C(F)C(=O)N1CC(n2c(=O)n(-c3ccc(C(F)(F)F)nc3)c3nccc(C#Cc4ccccn4)c32)C1. The molecule has 0 aromatic carbocycles. The Morgan fingerprint density at radius 3 is 2.43 bits per heavy atom. The van der Waals surface area contributed by atoms with Crippen LogP contribution in [-0.2, 0) is 11.0 Å². The summed E-state index contributed by atoms with van der Waals surface area (Å²) >= 11 is 0. The second-order valence-electron chi connectivity index (χ2n) is 8.15. The zero-order chi connectivity index (χ0) is 26.3. The lowest BCUT2D eigenvalue weighted by atomic mass is 10.1. The normalized spacial score (nSPS) is 13.7. The van der Waals surface area contributed by atoms with Crippen LogP contribution < -0.4 is 5.69 Å². The number of hydrogen-bond donors (Lipinski definition) is 0. The van der Waals surface area contributed by atoms with Crippen molar-refractivity contribution in [2.45, 2.75) is 12.2 Å². The third kappa shape index (κ3) is 4.35. The van der Waals surface area contributed by atoms with Crippen LogP contribution >= 0.6 is 0 Å². The van der Waals surface area contributed by atoms with Crippen molar-refractivity contribution >= 4 is 17.1 Å². The van der Waals surface area contributed by atoms with Gasteiger partial charge in [-0.3, -0.25) is 9.36 Å². The minimum Gasteiger partial charge on any atom is -0.332 e. The van der Waals surface area contributed by atoms with E-state index in [-0.39, 0.29) is 24.4 Å². The number of carbonyl (C=O) groups excluding carboxylic acids is 1. The Morgan fingerprint density at radius 2 is 1.81 bits per heavy atom. The first-order chi connectivity index (χ1) is 17.6. The van der Waals surface area contributed by atoms with Crippen LogP contribution in [0.2, 0.25) is 0 Å². The number of fused-ring (bicyclic) bond motifs is 1. The number of alkyl halides is 3. The van der Waals surface area contributed by atoms with Gasteiger partial charge < -0.3 is 4.90 Å². The van der Waals surface area contributed by atoms with Gasteiger partial charge in [0.15, 0.2) is 11.5 Å². The predicted octanol–water partition coefficient (Wildman–Crippen LogP) is 3.26. The van der Waals surface area contributed by atoms with Gasteiger partial charge >= 0.3 is 11.9 Å². The molecule has 1 amide bonds. The number of amides is 1. The summed E-state index contributed by atoms with van der Waals surface area (Å²) in [6.45, 7) is 3.05. The fourth-order valence-electron chi connectivity index (χ4n) is 4.02. The molecule has 1 aliphatic heterocycles. The Balaban J connectivity index is 1.67. The fraction of sp³-hybridized carbons (Fsp3) is 0.160. The van der Waals surface area contributed by atoms with Crippen molar-refractivity contribution in [1.82, 2.24) is 29.0 Å². The number of carbonyl (C=O) groups is 1. The van der Waals surface area contributed by atoms with Crippen molar-refractivity contribution in [2.75, 3.05) is 13.1 Å². The summed E-state index contributed by atoms with van der Waals surface area (Å²) in [5.74, 6) is 3.89. The first kappa shape index (κ1) is 23.9. The van der Waals surface area contributed by atoms with Gasteiger partial charge in [-0.1, -0.05) is 18.6 Å². The number of rotatable bonds is 3. The van der Waals surface area contributed by atoms with Crippen molar-refractivity contribution in [3.05, 3.63) is 94.8 Å². The van der Waals surface area contributed by atoms with Crippen LogP contribution in [0.1, 0.15) is 23.0 Å². The highest BCUT2D eigenvalue weighted by Gasteiger charge is 2.37. The van der Waals surface area contributed by atoms with Crippen molar-refractivity contribution in [1.29, 1.82) is 0 Å². The highest BCUT2D eigenvalue weighted by molar-refractivity contribution is 5.91. The average molecular weight is 508 g/mol. The van der Waals surface area contributed by atoms with Gasteiger partial charge in [0.05, 0.1) is 23.5 Å². The van der Waals surface area contributed by atoms with E-state index >= 15 is 0 Å². The molecule has 1 saturated heterocycles. The summed E-state index contributed by atoms with van der Waals surface area (Å²) < 4.78 is 54.9. The molecule has 0 saturated carbocycles. The van der Waals surface area contributed by atoms with Crippen LogP contribution in [0.25, 0.3) is 16.9 Å². The molecule has 4 aromatic heterocycles. The highest BCUT2D eigenvalue weighted by atomic mass is 19.4. The molecule has 0 aliphatic carbocycles. The molecule has 0 spiro atoms. The number of halogens is 4. The molecule has 4 aromatic rings. The summed E-state index contributed by atoms with van der Waals surface area (Å²) in [6, 6.07) is 8.14. The standard InChI is InChI=1S/C25H16F4N6O2/c1-15(26)23(36)33-13-19(14-33)34-21-16(5-6-17-4-2-3-10-30-17)9-11-31-22(21)35(24(34)37)18-7-8-20(32-12-18)25(27,28)29/h2-4,7-12,19H,1,13-14H2. The Kier molecular flexibility index (Phi) is 5.83. The molecular formula is C25H16F4N6O2. The third-order valence-electron chi connectivity index (χ3n) is 5.79. The number of aromatic nitrogens is 5. The fourth-order valence-corrected chi connectivity index (χ4v) is 4.02. The number of likely N-dealkylation sites (tertiary alicyclic amines) is 1. The lowest BCUT2D eigenvalue weighted by molar-refractivity contribution is -0.141. The summed E-state index contributed by atoms with van der Waals surface area (Å²) in [7, 11) is 0. The van der Waals surface area contributed by atoms with Gasteiger partial charge in [-0.2, -0.15) is 13.2 Å². The van der Waals surface area contributed by atoms with E-state index in [1.54, 1.807) is 30.5 Å². The van der Waals surface area contributed by atoms with E-state index in [9.17, 15) is 27.2 Å². The van der Waals surface area contributed by atoms with Crippen LogP contribution in [0, 0.1) is 11.8 Å². The maximum atomic E-state index is 13.6. The topological polar surface area (TPSA) is 85.9 Å². The van der Waals surface area contributed by atoms with Gasteiger partial charge in [0.1, 0.15) is 16.9 Å². The van der Waals surface area contributed by atoms with E-state index in [2.05, 4.69) is 33.4 Å². The molecule has 0 atom stereocenters. The molecule has 8 nitrogen and oxygen atoms in total. The van der Waals surface area contributed by atoms with E-state index in [0.717, 1.165) is 22.9 Å². The molecule has 1 aliphatic rings. The Bertz CT molecular complexity index is 1640. The highest BCUT2D eigenvalue weighted by Crippen LogP contribution is 2.30. The van der Waals surface area contributed by atoms with E-state index in [1.807, 2.05) is 0 Å². The van der Waals surface area contributed by atoms with Gasteiger partial charge in [0.2, 0.25) is 0 Å². The summed E-state index contributed by atoms with van der Waals surface area (Å²) in [4.78, 5) is 38.7. The van der Waals surface area contributed by atoms with Gasteiger partial charge in [-0.25, -0.2) is 28.7 Å². The van der Waals surface area contributed by atoms with Crippen LogP contribution in [0.15, 0.2) is 72.2 Å². The molecule has 0 radical (unpaired) electrons. The first-order valence-electron chi connectivity index (χ1n) is 10.9. The number of hydrogen-bond acceptors (Lipinski definition) is 5. The molecule has 1 fully saturated rings. The molecule has 5 heterocycles. The van der Waals surface area contributed by atoms with Crippen molar-refractivity contribution in [3.8, 4) is 17.5 Å². The lowest BCUT2D eigenvalue weighted by Crippen LogP contribution is -2.52. The molecule has 0 unspecified atom stereocenters. The smallest absolute Gasteiger partial charge is 0.332 e. The Labute approximate surface area is 206 Å². The van der Waals surface area contributed by atoms with Crippen LogP contribution in [0.3, 0.4) is 0 Å². The van der Waals surface area contributed by atoms with Crippen LogP contribution in [-0.4, -0.2) is 48.0 Å². The Hall–Kier alpha value is -4.79. The van der Waals surface area contributed by atoms with Gasteiger partial charge in [-0.05, 0) is 36.3 Å². The lowest BCUT2D eigenvalue weighted by Gasteiger charge is -2.39. The molecule has 12 heteroatoms. The second-order valence-corrected chi connectivity index (χ2v) is 8.15. The maximum absolute atomic E-state index is 13.6. The van der Waals surface area contributed by atoms with E-state index in [1.165, 1.54) is 15.7 Å². The summed E-state index contributed by atoms with van der Waals surface area (Å²) in [5.41, 5.74) is -0.324. The molecule has 37 heavy (non-hydrogen) atoms. The second kappa shape index (κ2) is 9.02. The molecule has 5 rings (SSSR count). The molecule has 0 bridgehead atoms. The van der Waals surface area contributed by atoms with Crippen LogP contribution in [0.4, 0.5) is 17.6 Å². The first-order valence-corrected chi connectivity index (χ1v) is 10.9. The zero-order valence-electron chi connectivity index (χ0n) is 18.9. The van der Waals surface area contributed by atoms with Crippen molar-refractivity contribution in [3.63, 3.8) is 0 Å². The predicted molar refractivity (Wildman–Crippen MR) is 124 cm³/mol. The summed E-state index contributed by atoms with van der Waals surface area (Å²) in [6.07, 6.45) is -0.709. The minimum atomic E-state index is -4.65. The number of imidazole rings is 1. The van der Waals surface area contributed by atoms with Crippen LogP contribution in [0.5, 0.6) is 0 Å². The monoisotopic (exact) mass is 508 g/mol. The number of pyridine rings is 3. The maximum Gasteiger partial charge on any atom is 0.433 e. The van der Waals surface area contributed by atoms with Gasteiger partial charge in [-0.15, -0.1) is 0 Å².